The molecule has 0 heterocycles. The second kappa shape index (κ2) is 6.86. The van der Waals surface area contributed by atoms with E-state index >= 15 is 0 Å². The van der Waals surface area contributed by atoms with Crippen LogP contribution in [0.1, 0.15) is 42.2 Å². The molecule has 0 aromatic heterocycles. The Hall–Kier alpha value is -2.29. The van der Waals surface area contributed by atoms with Crippen LogP contribution in [0.5, 0.6) is 11.5 Å². The fraction of sp³-hybridized carbons (Fsp3) is 0.350. The van der Waals surface area contributed by atoms with Crippen molar-refractivity contribution in [1.82, 2.24) is 0 Å². The number of methoxy groups -OCH3 is 2. The number of Topliss-reactive ketones (excluding diaryl/α,β-unsaturated/α-hetero) is 1. The van der Waals surface area contributed by atoms with Crippen molar-refractivity contribution in [2.45, 2.75) is 31.1 Å². The maximum absolute atomic E-state index is 13.0. The zero-order chi connectivity index (χ0) is 16.2. The highest BCUT2D eigenvalue weighted by Crippen LogP contribution is 2.39. The molecule has 2 atom stereocenters. The summed E-state index contributed by atoms with van der Waals surface area (Å²) in [4.78, 5) is 13.0. The van der Waals surface area contributed by atoms with Crippen LogP contribution in [0.4, 0.5) is 0 Å². The number of ether oxygens (including phenoxy) is 2. The van der Waals surface area contributed by atoms with Crippen LogP contribution in [0, 0.1) is 0 Å². The maximum Gasteiger partial charge on any atom is 0.147 e. The smallest absolute Gasteiger partial charge is 0.147 e. The van der Waals surface area contributed by atoms with Gasteiger partial charge in [-0.05, 0) is 48.2 Å². The minimum absolute atomic E-state index is 0.0123. The van der Waals surface area contributed by atoms with Crippen molar-refractivity contribution in [2.24, 2.45) is 0 Å². The lowest BCUT2D eigenvalue weighted by Crippen LogP contribution is -2.25. The van der Waals surface area contributed by atoms with Gasteiger partial charge in [-0.15, -0.1) is 0 Å². The molecule has 2 aromatic carbocycles. The molecular weight excluding hydrogens is 288 g/mol. The van der Waals surface area contributed by atoms with E-state index in [0.717, 1.165) is 41.9 Å². The van der Waals surface area contributed by atoms with E-state index in [2.05, 4.69) is 0 Å². The van der Waals surface area contributed by atoms with Gasteiger partial charge in [0.25, 0.3) is 0 Å². The summed E-state index contributed by atoms with van der Waals surface area (Å²) in [7, 11) is 3.31. The summed E-state index contributed by atoms with van der Waals surface area (Å²) in [6.45, 7) is 0. The molecule has 1 fully saturated rings. The fourth-order valence-electron chi connectivity index (χ4n) is 3.39. The number of carbonyl (C=O) groups is 1. The second-order valence-corrected chi connectivity index (χ2v) is 5.98. The first-order valence-corrected chi connectivity index (χ1v) is 8.04. The first kappa shape index (κ1) is 15.6. The summed E-state index contributed by atoms with van der Waals surface area (Å²) in [5.41, 5.74) is 2.18. The molecule has 2 aromatic rings. The molecule has 0 N–H and O–H groups in total. The number of benzene rings is 2. The number of ketones is 1. The fourth-order valence-corrected chi connectivity index (χ4v) is 3.39. The summed E-state index contributed by atoms with van der Waals surface area (Å²) >= 11 is 0. The molecular formula is C20H22O3. The van der Waals surface area contributed by atoms with Crippen LogP contribution < -0.4 is 9.47 Å². The van der Waals surface area contributed by atoms with E-state index < -0.39 is 0 Å². The summed E-state index contributed by atoms with van der Waals surface area (Å²) in [5, 5.41) is 0. The first-order chi connectivity index (χ1) is 11.2. The van der Waals surface area contributed by atoms with Gasteiger partial charge < -0.3 is 9.47 Å². The van der Waals surface area contributed by atoms with E-state index in [9.17, 15) is 4.79 Å². The van der Waals surface area contributed by atoms with Crippen molar-refractivity contribution >= 4 is 5.78 Å². The molecule has 0 spiro atoms. The van der Waals surface area contributed by atoms with Crippen LogP contribution in [-0.2, 0) is 4.79 Å². The Bertz CT molecular complexity index is 601. The van der Waals surface area contributed by atoms with Crippen LogP contribution in [0.25, 0.3) is 0 Å². The van der Waals surface area contributed by atoms with Crippen molar-refractivity contribution in [2.75, 3.05) is 14.2 Å². The van der Waals surface area contributed by atoms with Gasteiger partial charge in [0.05, 0.1) is 14.2 Å². The minimum Gasteiger partial charge on any atom is -0.497 e. The third kappa shape index (κ3) is 3.24. The van der Waals surface area contributed by atoms with E-state index in [1.54, 1.807) is 14.2 Å². The Morgan fingerprint density at radius 2 is 1.13 bits per heavy atom. The second-order valence-electron chi connectivity index (χ2n) is 5.98. The lowest BCUT2D eigenvalue weighted by Gasteiger charge is -2.28. The van der Waals surface area contributed by atoms with Crippen molar-refractivity contribution in [3.8, 4) is 11.5 Å². The molecule has 1 aliphatic rings. The van der Waals surface area contributed by atoms with Gasteiger partial charge in [0.15, 0.2) is 0 Å². The largest absolute Gasteiger partial charge is 0.497 e. The van der Waals surface area contributed by atoms with Gasteiger partial charge in [0.1, 0.15) is 17.3 Å². The van der Waals surface area contributed by atoms with Crippen molar-refractivity contribution in [1.29, 1.82) is 0 Å². The van der Waals surface area contributed by atoms with Crippen LogP contribution >= 0.6 is 0 Å². The summed E-state index contributed by atoms with van der Waals surface area (Å²) in [6, 6.07) is 15.8. The molecule has 0 aliphatic heterocycles. The average Bonchev–Trinajstić information content (AvgIpc) is 2.62. The Labute approximate surface area is 137 Å². The topological polar surface area (TPSA) is 35.5 Å². The van der Waals surface area contributed by atoms with Gasteiger partial charge in [0.2, 0.25) is 0 Å². The Balaban J connectivity index is 1.82. The molecule has 120 valence electrons. The number of carbonyl (C=O) groups excluding carboxylic acids is 1. The Morgan fingerprint density at radius 3 is 1.48 bits per heavy atom. The van der Waals surface area contributed by atoms with Crippen LogP contribution in [0.15, 0.2) is 48.5 Å². The zero-order valence-corrected chi connectivity index (χ0v) is 13.6. The molecule has 0 saturated heterocycles. The number of rotatable bonds is 4. The molecule has 23 heavy (non-hydrogen) atoms. The van der Waals surface area contributed by atoms with Gasteiger partial charge in [0, 0.05) is 11.8 Å². The predicted molar refractivity (Wildman–Crippen MR) is 90.3 cm³/mol. The maximum atomic E-state index is 13.0. The molecule has 0 unspecified atom stereocenters. The SMILES string of the molecule is COc1ccc([C@@H]2CCC[C@H](c3ccc(OC)cc3)C2=O)cc1. The van der Waals surface area contributed by atoms with E-state index in [0.29, 0.717) is 5.78 Å². The molecule has 0 amide bonds. The monoisotopic (exact) mass is 310 g/mol. The highest BCUT2D eigenvalue weighted by Gasteiger charge is 2.33. The predicted octanol–water partition coefficient (Wildman–Crippen LogP) is 4.32. The van der Waals surface area contributed by atoms with Gasteiger partial charge in [-0.25, -0.2) is 0 Å². The summed E-state index contributed by atoms with van der Waals surface area (Å²) < 4.78 is 10.4. The lowest BCUT2D eigenvalue weighted by atomic mass is 9.74. The molecule has 0 radical (unpaired) electrons. The van der Waals surface area contributed by atoms with Gasteiger partial charge >= 0.3 is 0 Å². The third-order valence-electron chi connectivity index (χ3n) is 4.71. The van der Waals surface area contributed by atoms with Gasteiger partial charge in [-0.3, -0.25) is 4.79 Å². The normalized spacial score (nSPS) is 21.0. The minimum atomic E-state index is -0.0123. The summed E-state index contributed by atoms with van der Waals surface area (Å²) in [6.07, 6.45) is 2.93. The molecule has 3 nitrogen and oxygen atoms in total. The van der Waals surface area contributed by atoms with Crippen molar-refractivity contribution in [3.63, 3.8) is 0 Å². The van der Waals surface area contributed by atoms with Crippen LogP contribution in [-0.4, -0.2) is 20.0 Å². The molecule has 0 bridgehead atoms. The highest BCUT2D eigenvalue weighted by atomic mass is 16.5. The van der Waals surface area contributed by atoms with Crippen molar-refractivity contribution in [3.05, 3.63) is 59.7 Å². The Kier molecular flexibility index (Phi) is 4.65. The van der Waals surface area contributed by atoms with E-state index in [1.807, 2.05) is 48.5 Å². The first-order valence-electron chi connectivity index (χ1n) is 8.04. The molecule has 1 saturated carbocycles. The zero-order valence-electron chi connectivity index (χ0n) is 13.6. The van der Waals surface area contributed by atoms with E-state index in [4.69, 9.17) is 9.47 Å². The quantitative estimate of drug-likeness (QED) is 0.843. The number of hydrogen-bond acceptors (Lipinski definition) is 3. The molecule has 1 aliphatic carbocycles. The lowest BCUT2D eigenvalue weighted by molar-refractivity contribution is -0.123. The standard InChI is InChI=1S/C20H22O3/c1-22-16-10-6-14(7-11-16)18-4-3-5-19(20(18)21)15-8-12-17(23-2)13-9-15/h6-13,18-19H,3-5H2,1-2H3/t18-,19+. The van der Waals surface area contributed by atoms with Gasteiger partial charge in [-0.1, -0.05) is 30.7 Å². The highest BCUT2D eigenvalue weighted by molar-refractivity contribution is 5.92. The number of hydrogen-bond donors (Lipinski definition) is 0. The molecule has 3 heteroatoms. The van der Waals surface area contributed by atoms with Crippen molar-refractivity contribution < 1.29 is 14.3 Å². The Morgan fingerprint density at radius 1 is 0.739 bits per heavy atom. The average molecular weight is 310 g/mol. The van der Waals surface area contributed by atoms with E-state index in [-0.39, 0.29) is 11.8 Å². The third-order valence-corrected chi connectivity index (χ3v) is 4.71. The van der Waals surface area contributed by atoms with E-state index in [1.165, 1.54) is 0 Å². The van der Waals surface area contributed by atoms with Crippen LogP contribution in [0.3, 0.4) is 0 Å². The van der Waals surface area contributed by atoms with Gasteiger partial charge in [-0.2, -0.15) is 0 Å². The molecule has 3 rings (SSSR count). The summed E-state index contributed by atoms with van der Waals surface area (Å²) in [5.74, 6) is 1.95. The van der Waals surface area contributed by atoms with Crippen LogP contribution in [0.2, 0.25) is 0 Å².